The van der Waals surface area contributed by atoms with Crippen LogP contribution >= 0.6 is 27.5 Å². The minimum atomic E-state index is -0.689. The average molecular weight is 461 g/mol. The summed E-state index contributed by atoms with van der Waals surface area (Å²) in [5.74, 6) is 0.963. The van der Waals surface area contributed by atoms with Crippen molar-refractivity contribution in [1.29, 1.82) is 0 Å². The molecule has 3 aromatic rings. The molecule has 0 heterocycles. The Morgan fingerprint density at radius 2 is 1.86 bits per heavy atom. The number of nitrogens with one attached hydrogen (secondary N) is 1. The van der Waals surface area contributed by atoms with E-state index in [9.17, 15) is 4.79 Å². The van der Waals surface area contributed by atoms with Crippen LogP contribution in [-0.4, -0.2) is 12.0 Å². The van der Waals surface area contributed by atoms with Crippen LogP contribution in [0.5, 0.6) is 11.5 Å². The molecule has 0 fully saturated rings. The Morgan fingerprint density at radius 1 is 1.07 bits per heavy atom. The lowest BCUT2D eigenvalue weighted by molar-refractivity contribution is -0.122. The van der Waals surface area contributed by atoms with Gasteiger partial charge in [0.05, 0.1) is 4.47 Å². The number of anilines is 1. The molecule has 0 saturated heterocycles. The molecule has 0 spiro atoms. The monoisotopic (exact) mass is 459 g/mol. The van der Waals surface area contributed by atoms with Crippen LogP contribution in [0.4, 0.5) is 5.69 Å². The molecule has 6 heteroatoms. The lowest BCUT2D eigenvalue weighted by Crippen LogP contribution is -2.30. The molecule has 0 bridgehead atoms. The highest BCUT2D eigenvalue weighted by Crippen LogP contribution is 2.29. The molecule has 1 atom stereocenters. The number of halogens is 2. The highest BCUT2D eigenvalue weighted by Gasteiger charge is 2.16. The molecule has 1 amide bonds. The molecule has 28 heavy (non-hydrogen) atoms. The third kappa shape index (κ3) is 5.75. The maximum atomic E-state index is 12.5. The molecule has 0 saturated carbocycles. The van der Waals surface area contributed by atoms with Crippen molar-refractivity contribution in [2.45, 2.75) is 19.6 Å². The van der Waals surface area contributed by atoms with Crippen molar-refractivity contribution in [2.24, 2.45) is 0 Å². The number of rotatable bonds is 7. The van der Waals surface area contributed by atoms with Crippen molar-refractivity contribution in [1.82, 2.24) is 0 Å². The second kappa shape index (κ2) is 9.62. The summed E-state index contributed by atoms with van der Waals surface area (Å²) >= 11 is 9.31. The van der Waals surface area contributed by atoms with Gasteiger partial charge in [-0.15, -0.1) is 0 Å². The Labute approximate surface area is 177 Å². The Balaban J connectivity index is 1.58. The van der Waals surface area contributed by atoms with E-state index in [0.29, 0.717) is 33.3 Å². The van der Waals surface area contributed by atoms with Gasteiger partial charge in [-0.1, -0.05) is 48.0 Å². The molecular formula is C22H19BrClNO3. The second-order valence-electron chi connectivity index (χ2n) is 6.13. The van der Waals surface area contributed by atoms with Gasteiger partial charge in [-0.2, -0.15) is 0 Å². The summed E-state index contributed by atoms with van der Waals surface area (Å²) in [6.45, 7) is 2.15. The molecule has 0 aromatic heterocycles. The molecule has 4 nitrogen and oxygen atoms in total. The largest absolute Gasteiger partial charge is 0.489 e. The number of benzene rings is 3. The summed E-state index contributed by atoms with van der Waals surface area (Å²) in [4.78, 5) is 12.5. The third-order valence-electron chi connectivity index (χ3n) is 3.92. The first-order valence-corrected chi connectivity index (χ1v) is 9.88. The zero-order valence-electron chi connectivity index (χ0n) is 15.2. The normalized spacial score (nSPS) is 11.5. The molecule has 3 rings (SSSR count). The van der Waals surface area contributed by atoms with E-state index in [4.69, 9.17) is 21.1 Å². The first-order chi connectivity index (χ1) is 13.5. The van der Waals surface area contributed by atoms with E-state index in [-0.39, 0.29) is 5.91 Å². The van der Waals surface area contributed by atoms with Gasteiger partial charge in [-0.3, -0.25) is 4.79 Å². The molecule has 144 valence electrons. The molecule has 3 aromatic carbocycles. The zero-order valence-corrected chi connectivity index (χ0v) is 17.5. The van der Waals surface area contributed by atoms with Crippen molar-refractivity contribution in [2.75, 3.05) is 5.32 Å². The van der Waals surface area contributed by atoms with Crippen molar-refractivity contribution in [3.8, 4) is 11.5 Å². The molecule has 1 unspecified atom stereocenters. The summed E-state index contributed by atoms with van der Waals surface area (Å²) < 4.78 is 12.2. The maximum Gasteiger partial charge on any atom is 0.265 e. The summed E-state index contributed by atoms with van der Waals surface area (Å²) in [7, 11) is 0. The first-order valence-electron chi connectivity index (χ1n) is 8.70. The van der Waals surface area contributed by atoms with Crippen LogP contribution in [0, 0.1) is 0 Å². The quantitative estimate of drug-likeness (QED) is 0.464. The zero-order chi connectivity index (χ0) is 19.9. The Kier molecular flexibility index (Phi) is 6.95. The second-order valence-corrected chi connectivity index (χ2v) is 7.42. The van der Waals surface area contributed by atoms with E-state index in [1.54, 1.807) is 37.3 Å². The van der Waals surface area contributed by atoms with Crippen LogP contribution in [0.3, 0.4) is 0 Å². The van der Waals surface area contributed by atoms with Gasteiger partial charge in [0.25, 0.3) is 5.91 Å². The van der Waals surface area contributed by atoms with Crippen molar-refractivity contribution in [3.05, 3.63) is 87.9 Å². The predicted molar refractivity (Wildman–Crippen MR) is 115 cm³/mol. The molecule has 0 radical (unpaired) electrons. The molecular weight excluding hydrogens is 442 g/mol. The van der Waals surface area contributed by atoms with Crippen LogP contribution in [0.2, 0.25) is 5.02 Å². The lowest BCUT2D eigenvalue weighted by Gasteiger charge is -2.16. The van der Waals surface area contributed by atoms with Gasteiger partial charge in [0, 0.05) is 16.8 Å². The summed E-state index contributed by atoms with van der Waals surface area (Å²) in [5, 5.41) is 3.43. The maximum absolute atomic E-state index is 12.5. The fraction of sp³-hybridized carbons (Fsp3) is 0.136. The minimum absolute atomic E-state index is 0.262. The molecule has 0 aliphatic rings. The Morgan fingerprint density at radius 3 is 2.61 bits per heavy atom. The average Bonchev–Trinajstić information content (AvgIpc) is 2.69. The first kappa shape index (κ1) is 20.2. The van der Waals surface area contributed by atoms with Crippen LogP contribution in [0.25, 0.3) is 0 Å². The smallest absolute Gasteiger partial charge is 0.265 e. The standard InChI is InChI=1S/C22H19BrClNO3/c1-15(28-21-11-10-17(24)12-20(21)23)22(26)25-18-8-5-9-19(13-18)27-14-16-6-3-2-4-7-16/h2-13,15H,14H2,1H3,(H,25,26). The van der Waals surface area contributed by atoms with E-state index >= 15 is 0 Å². The fourth-order valence-corrected chi connectivity index (χ4v) is 3.24. The molecule has 0 aliphatic carbocycles. The van der Waals surface area contributed by atoms with Crippen LogP contribution < -0.4 is 14.8 Å². The highest BCUT2D eigenvalue weighted by atomic mass is 79.9. The van der Waals surface area contributed by atoms with Gasteiger partial charge in [0.2, 0.25) is 0 Å². The van der Waals surface area contributed by atoms with Gasteiger partial charge >= 0.3 is 0 Å². The minimum Gasteiger partial charge on any atom is -0.489 e. The van der Waals surface area contributed by atoms with Crippen LogP contribution in [-0.2, 0) is 11.4 Å². The number of carbonyl (C=O) groups is 1. The van der Waals surface area contributed by atoms with Crippen LogP contribution in [0.15, 0.2) is 77.3 Å². The van der Waals surface area contributed by atoms with Gasteiger partial charge < -0.3 is 14.8 Å². The van der Waals surface area contributed by atoms with E-state index in [1.807, 2.05) is 42.5 Å². The van der Waals surface area contributed by atoms with E-state index in [1.165, 1.54) is 0 Å². The van der Waals surface area contributed by atoms with E-state index in [0.717, 1.165) is 5.56 Å². The van der Waals surface area contributed by atoms with Gasteiger partial charge in [0.1, 0.15) is 18.1 Å². The molecule has 1 N–H and O–H groups in total. The SMILES string of the molecule is CC(Oc1ccc(Cl)cc1Br)C(=O)Nc1cccc(OCc2ccccc2)c1. The summed E-state index contributed by atoms with van der Waals surface area (Å²) in [5.41, 5.74) is 1.72. The number of carbonyl (C=O) groups excluding carboxylic acids is 1. The lowest BCUT2D eigenvalue weighted by atomic mass is 10.2. The van der Waals surface area contributed by atoms with Crippen molar-refractivity contribution in [3.63, 3.8) is 0 Å². The van der Waals surface area contributed by atoms with E-state index < -0.39 is 6.10 Å². The van der Waals surface area contributed by atoms with Crippen molar-refractivity contribution >= 4 is 39.1 Å². The summed E-state index contributed by atoms with van der Waals surface area (Å²) in [6.07, 6.45) is -0.689. The predicted octanol–water partition coefficient (Wildman–Crippen LogP) is 6.09. The summed E-state index contributed by atoms with van der Waals surface area (Å²) in [6, 6.07) is 22.3. The van der Waals surface area contributed by atoms with E-state index in [2.05, 4.69) is 21.2 Å². The highest BCUT2D eigenvalue weighted by molar-refractivity contribution is 9.10. The van der Waals surface area contributed by atoms with Gasteiger partial charge in [-0.05, 0) is 58.7 Å². The van der Waals surface area contributed by atoms with Gasteiger partial charge in [0.15, 0.2) is 6.10 Å². The number of hydrogen-bond acceptors (Lipinski definition) is 3. The Bertz CT molecular complexity index is 950. The fourth-order valence-electron chi connectivity index (χ4n) is 2.46. The van der Waals surface area contributed by atoms with Crippen molar-refractivity contribution < 1.29 is 14.3 Å². The van der Waals surface area contributed by atoms with Gasteiger partial charge in [-0.25, -0.2) is 0 Å². The Hall–Kier alpha value is -2.50. The third-order valence-corrected chi connectivity index (χ3v) is 4.77. The number of ether oxygens (including phenoxy) is 2. The molecule has 0 aliphatic heterocycles. The number of amides is 1. The number of hydrogen-bond donors (Lipinski definition) is 1. The van der Waals surface area contributed by atoms with Crippen LogP contribution in [0.1, 0.15) is 12.5 Å². The topological polar surface area (TPSA) is 47.6 Å².